The molecule has 5 heteroatoms. The highest BCUT2D eigenvalue weighted by Crippen LogP contribution is 2.13. The van der Waals surface area contributed by atoms with Crippen LogP contribution >= 0.6 is 11.3 Å². The smallest absolute Gasteiger partial charge is 0.307 e. The second-order valence-corrected chi connectivity index (χ2v) is 5.67. The fourth-order valence-corrected chi connectivity index (χ4v) is 2.74. The van der Waals surface area contributed by atoms with Gasteiger partial charge in [0.25, 0.3) is 0 Å². The molecule has 1 aromatic heterocycles. The molecule has 0 fully saturated rings. The molecule has 20 heavy (non-hydrogen) atoms. The number of aromatic nitrogens is 1. The zero-order valence-electron chi connectivity index (χ0n) is 11.5. The van der Waals surface area contributed by atoms with Crippen LogP contribution in [0.5, 0.6) is 5.75 Å². The molecule has 0 N–H and O–H groups in total. The molecule has 1 heterocycles. The van der Waals surface area contributed by atoms with Gasteiger partial charge in [-0.1, -0.05) is 11.3 Å². The van der Waals surface area contributed by atoms with Crippen LogP contribution in [0.15, 0.2) is 29.1 Å². The molecule has 0 radical (unpaired) electrons. The first-order valence-corrected chi connectivity index (χ1v) is 7.23. The number of thiazole rings is 1. The highest BCUT2D eigenvalue weighted by atomic mass is 32.1. The Kier molecular flexibility index (Phi) is 4.59. The van der Waals surface area contributed by atoms with Crippen molar-refractivity contribution in [2.75, 3.05) is 6.61 Å². The van der Waals surface area contributed by atoms with Crippen LogP contribution in [0.2, 0.25) is 0 Å². The van der Waals surface area contributed by atoms with E-state index in [2.05, 4.69) is 6.07 Å². The molecule has 0 atom stereocenters. The Hall–Kier alpha value is -2.06. The van der Waals surface area contributed by atoms with E-state index in [1.54, 1.807) is 28.8 Å². The Morgan fingerprint density at radius 3 is 2.55 bits per heavy atom. The lowest BCUT2D eigenvalue weighted by Crippen LogP contribution is -2.16. The quantitative estimate of drug-likeness (QED) is 0.795. The van der Waals surface area contributed by atoms with Gasteiger partial charge in [0.05, 0.1) is 18.2 Å². The standard InChI is InChI=1S/C15H16N2O2S/c1-11-12(2)20-15(18)17(11)8-3-9-19-14-6-4-13(10-16)5-7-14/h4-7H,3,8-9H2,1-2H3. The summed E-state index contributed by atoms with van der Waals surface area (Å²) in [6, 6.07) is 9.09. The Balaban J connectivity index is 1.84. The van der Waals surface area contributed by atoms with Gasteiger partial charge >= 0.3 is 4.87 Å². The second kappa shape index (κ2) is 6.40. The number of nitriles is 1. The molecule has 2 rings (SSSR count). The van der Waals surface area contributed by atoms with Crippen molar-refractivity contribution in [3.63, 3.8) is 0 Å². The van der Waals surface area contributed by atoms with Gasteiger partial charge in [0.2, 0.25) is 0 Å². The molecule has 2 aromatic rings. The molecule has 0 aliphatic heterocycles. The second-order valence-electron chi connectivity index (χ2n) is 4.50. The van der Waals surface area contributed by atoms with E-state index in [0.29, 0.717) is 18.7 Å². The third-order valence-corrected chi connectivity index (χ3v) is 4.15. The topological polar surface area (TPSA) is 55.0 Å². The first-order valence-electron chi connectivity index (χ1n) is 6.41. The fourth-order valence-electron chi connectivity index (χ4n) is 1.88. The van der Waals surface area contributed by atoms with E-state index in [1.165, 1.54) is 11.3 Å². The van der Waals surface area contributed by atoms with Crippen molar-refractivity contribution in [3.8, 4) is 11.8 Å². The summed E-state index contributed by atoms with van der Waals surface area (Å²) in [6.07, 6.45) is 0.775. The maximum atomic E-state index is 11.7. The Labute approximate surface area is 121 Å². The predicted molar refractivity (Wildman–Crippen MR) is 79.3 cm³/mol. The van der Waals surface area contributed by atoms with E-state index >= 15 is 0 Å². The van der Waals surface area contributed by atoms with Crippen LogP contribution in [-0.4, -0.2) is 11.2 Å². The summed E-state index contributed by atoms with van der Waals surface area (Å²) < 4.78 is 7.39. The molecule has 1 aromatic carbocycles. The van der Waals surface area contributed by atoms with E-state index in [1.807, 2.05) is 13.8 Å². The summed E-state index contributed by atoms with van der Waals surface area (Å²) in [5, 5.41) is 8.70. The van der Waals surface area contributed by atoms with Crippen LogP contribution < -0.4 is 9.61 Å². The van der Waals surface area contributed by atoms with Gasteiger partial charge in [-0.3, -0.25) is 4.79 Å². The number of nitrogens with zero attached hydrogens (tertiary/aromatic N) is 2. The van der Waals surface area contributed by atoms with Crippen molar-refractivity contribution in [1.82, 2.24) is 4.57 Å². The molecule has 0 amide bonds. The number of aryl methyl sites for hydroxylation is 1. The summed E-state index contributed by atoms with van der Waals surface area (Å²) in [4.78, 5) is 12.9. The zero-order chi connectivity index (χ0) is 14.5. The van der Waals surface area contributed by atoms with Gasteiger partial charge in [-0.2, -0.15) is 5.26 Å². The van der Waals surface area contributed by atoms with Gasteiger partial charge in [-0.05, 0) is 44.5 Å². The number of hydrogen-bond donors (Lipinski definition) is 0. The SMILES string of the molecule is Cc1sc(=O)n(CCCOc2ccc(C#N)cc2)c1C. The van der Waals surface area contributed by atoms with Gasteiger partial charge in [0.15, 0.2) is 0 Å². The van der Waals surface area contributed by atoms with Crippen LogP contribution in [-0.2, 0) is 6.54 Å². The lowest BCUT2D eigenvalue weighted by Gasteiger charge is -2.07. The van der Waals surface area contributed by atoms with Gasteiger partial charge in [0, 0.05) is 17.1 Å². The normalized spacial score (nSPS) is 10.2. The molecule has 104 valence electrons. The number of rotatable bonds is 5. The molecule has 4 nitrogen and oxygen atoms in total. The molecule has 0 bridgehead atoms. The first-order chi connectivity index (χ1) is 9.61. The minimum Gasteiger partial charge on any atom is -0.494 e. The predicted octanol–water partition coefficient (Wildman–Crippen LogP) is 2.87. The van der Waals surface area contributed by atoms with Crippen molar-refractivity contribution in [2.24, 2.45) is 0 Å². The molecular weight excluding hydrogens is 272 g/mol. The van der Waals surface area contributed by atoms with E-state index in [0.717, 1.165) is 22.7 Å². The van der Waals surface area contributed by atoms with Crippen molar-refractivity contribution in [3.05, 3.63) is 50.1 Å². The number of ether oxygens (including phenoxy) is 1. The lowest BCUT2D eigenvalue weighted by molar-refractivity contribution is 0.301. The maximum absolute atomic E-state index is 11.7. The zero-order valence-corrected chi connectivity index (χ0v) is 12.4. The fraction of sp³-hybridized carbons (Fsp3) is 0.333. The van der Waals surface area contributed by atoms with Gasteiger partial charge in [-0.25, -0.2) is 0 Å². The largest absolute Gasteiger partial charge is 0.494 e. The van der Waals surface area contributed by atoms with E-state index in [-0.39, 0.29) is 4.87 Å². The summed E-state index contributed by atoms with van der Waals surface area (Å²) in [6.45, 7) is 5.15. The van der Waals surface area contributed by atoms with Crippen molar-refractivity contribution in [2.45, 2.75) is 26.8 Å². The molecule has 0 unspecified atom stereocenters. The Bertz CT molecular complexity index is 677. The number of benzene rings is 1. The highest BCUT2D eigenvalue weighted by Gasteiger charge is 2.06. The molecule has 0 saturated heterocycles. The van der Waals surface area contributed by atoms with E-state index < -0.39 is 0 Å². The summed E-state index contributed by atoms with van der Waals surface area (Å²) >= 11 is 1.29. The van der Waals surface area contributed by atoms with Crippen LogP contribution in [0.1, 0.15) is 22.6 Å². The summed E-state index contributed by atoms with van der Waals surface area (Å²) in [7, 11) is 0. The van der Waals surface area contributed by atoms with E-state index in [9.17, 15) is 4.79 Å². The molecule has 0 spiro atoms. The van der Waals surface area contributed by atoms with Crippen LogP contribution in [0.25, 0.3) is 0 Å². The molecule has 0 saturated carbocycles. The average Bonchev–Trinajstić information content (AvgIpc) is 2.70. The van der Waals surface area contributed by atoms with Gasteiger partial charge in [-0.15, -0.1) is 0 Å². The lowest BCUT2D eigenvalue weighted by atomic mass is 10.2. The third-order valence-electron chi connectivity index (χ3n) is 3.15. The third kappa shape index (κ3) is 3.28. The Morgan fingerprint density at radius 2 is 2.00 bits per heavy atom. The first kappa shape index (κ1) is 14.4. The van der Waals surface area contributed by atoms with Gasteiger partial charge in [0.1, 0.15) is 5.75 Å². The van der Waals surface area contributed by atoms with E-state index in [4.69, 9.17) is 10.00 Å². The molecular formula is C15H16N2O2S. The molecule has 0 aliphatic rings. The van der Waals surface area contributed by atoms with Crippen molar-refractivity contribution < 1.29 is 4.74 Å². The van der Waals surface area contributed by atoms with Crippen LogP contribution in [0, 0.1) is 25.2 Å². The van der Waals surface area contributed by atoms with Crippen LogP contribution in [0.4, 0.5) is 0 Å². The maximum Gasteiger partial charge on any atom is 0.307 e. The average molecular weight is 288 g/mol. The number of hydrogen-bond acceptors (Lipinski definition) is 4. The Morgan fingerprint density at radius 1 is 1.30 bits per heavy atom. The highest BCUT2D eigenvalue weighted by molar-refractivity contribution is 7.09. The molecule has 0 aliphatic carbocycles. The summed E-state index contributed by atoms with van der Waals surface area (Å²) in [5.41, 5.74) is 1.66. The van der Waals surface area contributed by atoms with Gasteiger partial charge < -0.3 is 9.30 Å². The monoisotopic (exact) mass is 288 g/mol. The van der Waals surface area contributed by atoms with Crippen molar-refractivity contribution in [1.29, 1.82) is 5.26 Å². The summed E-state index contributed by atoms with van der Waals surface area (Å²) in [5.74, 6) is 0.745. The van der Waals surface area contributed by atoms with Crippen LogP contribution in [0.3, 0.4) is 0 Å². The minimum atomic E-state index is 0.0957. The minimum absolute atomic E-state index is 0.0957. The van der Waals surface area contributed by atoms with Crippen molar-refractivity contribution >= 4 is 11.3 Å².